The van der Waals surface area contributed by atoms with Crippen LogP contribution in [0.4, 0.5) is 13.2 Å². The van der Waals surface area contributed by atoms with Gasteiger partial charge in [-0.2, -0.15) is 24.9 Å². The van der Waals surface area contributed by atoms with E-state index in [1.165, 1.54) is 0 Å². The van der Waals surface area contributed by atoms with E-state index in [0.717, 1.165) is 12.8 Å². The van der Waals surface area contributed by atoms with Crippen LogP contribution in [0.15, 0.2) is 0 Å². The van der Waals surface area contributed by atoms with Crippen molar-refractivity contribution < 1.29 is 18.0 Å². The molecule has 0 aliphatic carbocycles. The molecule has 1 amide bonds. The van der Waals surface area contributed by atoms with Crippen molar-refractivity contribution in [2.45, 2.75) is 37.6 Å². The summed E-state index contributed by atoms with van der Waals surface area (Å²) >= 11 is 1.67. The van der Waals surface area contributed by atoms with E-state index < -0.39 is 18.6 Å². The highest BCUT2D eigenvalue weighted by Gasteiger charge is 2.27. The van der Waals surface area contributed by atoms with Crippen molar-refractivity contribution in [3.8, 4) is 0 Å². The largest absolute Gasteiger partial charge is 0.401 e. The Labute approximate surface area is 110 Å². The van der Waals surface area contributed by atoms with Crippen LogP contribution < -0.4 is 10.6 Å². The lowest BCUT2D eigenvalue weighted by molar-refractivity contribution is -0.128. The van der Waals surface area contributed by atoms with E-state index in [1.54, 1.807) is 11.8 Å². The fourth-order valence-electron chi connectivity index (χ4n) is 1.50. The van der Waals surface area contributed by atoms with E-state index in [0.29, 0.717) is 6.54 Å². The van der Waals surface area contributed by atoms with Gasteiger partial charge in [-0.25, -0.2) is 0 Å². The van der Waals surface area contributed by atoms with Crippen LogP contribution >= 0.6 is 11.8 Å². The van der Waals surface area contributed by atoms with E-state index in [-0.39, 0.29) is 11.3 Å². The third-order valence-electron chi connectivity index (χ3n) is 2.94. The summed E-state index contributed by atoms with van der Waals surface area (Å²) in [6, 6.07) is 0. The Kier molecular flexibility index (Phi) is 7.70. The first-order chi connectivity index (χ1) is 8.28. The van der Waals surface area contributed by atoms with Gasteiger partial charge in [-0.05, 0) is 19.1 Å². The summed E-state index contributed by atoms with van der Waals surface area (Å²) in [5.41, 5.74) is 0. The minimum Gasteiger partial charge on any atom is -0.354 e. The van der Waals surface area contributed by atoms with Crippen molar-refractivity contribution in [2.75, 3.05) is 25.9 Å². The molecule has 0 fully saturated rings. The zero-order chi connectivity index (χ0) is 14.2. The number of hydrogen-bond donors (Lipinski definition) is 2. The predicted octanol–water partition coefficient (Wildman–Crippen LogP) is 2.18. The van der Waals surface area contributed by atoms with Gasteiger partial charge in [0, 0.05) is 11.3 Å². The third kappa shape index (κ3) is 7.10. The maximum atomic E-state index is 11.8. The van der Waals surface area contributed by atoms with Crippen LogP contribution in [0.3, 0.4) is 0 Å². The van der Waals surface area contributed by atoms with E-state index in [1.807, 2.05) is 20.1 Å². The molecule has 0 aromatic rings. The molecular weight excluding hydrogens is 265 g/mol. The first-order valence-corrected chi connectivity index (χ1v) is 7.10. The number of alkyl halides is 3. The lowest BCUT2D eigenvalue weighted by Crippen LogP contribution is -2.44. The molecular formula is C11H21F3N2OS. The predicted molar refractivity (Wildman–Crippen MR) is 68.8 cm³/mol. The lowest BCUT2D eigenvalue weighted by atomic mass is 10.0. The molecule has 108 valence electrons. The molecule has 0 radical (unpaired) electrons. The van der Waals surface area contributed by atoms with Crippen molar-refractivity contribution >= 4 is 17.7 Å². The molecule has 0 aliphatic heterocycles. The molecule has 0 bridgehead atoms. The molecule has 0 unspecified atom stereocenters. The van der Waals surface area contributed by atoms with E-state index in [9.17, 15) is 18.0 Å². The summed E-state index contributed by atoms with van der Waals surface area (Å²) in [6.45, 7) is 3.10. The van der Waals surface area contributed by atoms with Gasteiger partial charge in [0.25, 0.3) is 0 Å². The van der Waals surface area contributed by atoms with Gasteiger partial charge in [-0.1, -0.05) is 13.8 Å². The maximum Gasteiger partial charge on any atom is 0.401 e. The summed E-state index contributed by atoms with van der Waals surface area (Å²) in [5.74, 6) is -0.403. The van der Waals surface area contributed by atoms with Gasteiger partial charge in [0.1, 0.15) is 0 Å². The highest BCUT2D eigenvalue weighted by molar-refractivity contribution is 8.00. The number of amides is 1. The molecule has 0 atom stereocenters. The van der Waals surface area contributed by atoms with Crippen molar-refractivity contribution in [2.24, 2.45) is 0 Å². The Morgan fingerprint density at radius 3 is 2.11 bits per heavy atom. The lowest BCUT2D eigenvalue weighted by Gasteiger charge is -2.29. The van der Waals surface area contributed by atoms with Crippen molar-refractivity contribution in [1.82, 2.24) is 10.6 Å². The van der Waals surface area contributed by atoms with Gasteiger partial charge in [-0.15, -0.1) is 0 Å². The Hall–Kier alpha value is -0.430. The van der Waals surface area contributed by atoms with Crippen LogP contribution in [0.5, 0.6) is 0 Å². The number of hydrogen-bond acceptors (Lipinski definition) is 3. The first-order valence-electron chi connectivity index (χ1n) is 5.88. The molecule has 2 N–H and O–H groups in total. The SMILES string of the molecule is CCC(CC)(CNC(=O)CNCC(F)(F)F)SC. The zero-order valence-corrected chi connectivity index (χ0v) is 11.8. The normalized spacial score (nSPS) is 12.6. The summed E-state index contributed by atoms with van der Waals surface area (Å²) in [6.07, 6.45) is -0.501. The van der Waals surface area contributed by atoms with Gasteiger partial charge >= 0.3 is 6.18 Å². The quantitative estimate of drug-likeness (QED) is 0.718. The first kappa shape index (κ1) is 17.6. The smallest absolute Gasteiger partial charge is 0.354 e. The topological polar surface area (TPSA) is 41.1 Å². The molecule has 7 heteroatoms. The molecule has 0 saturated carbocycles. The number of halogens is 3. The Bertz CT molecular complexity index is 247. The maximum absolute atomic E-state index is 11.8. The molecule has 0 aromatic heterocycles. The zero-order valence-electron chi connectivity index (χ0n) is 11.0. The second-order valence-corrected chi connectivity index (χ2v) is 5.36. The molecule has 3 nitrogen and oxygen atoms in total. The molecule has 0 heterocycles. The Morgan fingerprint density at radius 1 is 1.17 bits per heavy atom. The third-order valence-corrected chi connectivity index (χ3v) is 4.53. The number of carbonyl (C=O) groups excluding carboxylic acids is 1. The molecule has 0 aromatic carbocycles. The molecule has 0 aliphatic rings. The van der Waals surface area contributed by atoms with Gasteiger partial charge < -0.3 is 10.6 Å². The minimum absolute atomic E-state index is 0.0281. The van der Waals surface area contributed by atoms with Crippen molar-refractivity contribution in [1.29, 1.82) is 0 Å². The van der Waals surface area contributed by atoms with Gasteiger partial charge in [0.05, 0.1) is 13.1 Å². The summed E-state index contributed by atoms with van der Waals surface area (Å²) < 4.78 is 35.5. The fourth-order valence-corrected chi connectivity index (χ4v) is 2.29. The standard InChI is InChI=1S/C11H21F3N2OS/c1-4-10(5-2,18-3)7-16-9(17)6-15-8-11(12,13)14/h15H,4-8H2,1-3H3,(H,16,17). The molecule has 0 spiro atoms. The van der Waals surface area contributed by atoms with Crippen molar-refractivity contribution in [3.63, 3.8) is 0 Å². The second kappa shape index (κ2) is 7.89. The van der Waals surface area contributed by atoms with E-state index in [4.69, 9.17) is 0 Å². The molecule has 0 rings (SSSR count). The van der Waals surface area contributed by atoms with Crippen molar-refractivity contribution in [3.05, 3.63) is 0 Å². The second-order valence-electron chi connectivity index (χ2n) is 4.09. The highest BCUT2D eigenvalue weighted by Crippen LogP contribution is 2.29. The average molecular weight is 286 g/mol. The van der Waals surface area contributed by atoms with E-state index >= 15 is 0 Å². The summed E-state index contributed by atoms with van der Waals surface area (Å²) in [7, 11) is 0. The summed E-state index contributed by atoms with van der Waals surface area (Å²) in [5, 5.41) is 4.74. The van der Waals surface area contributed by atoms with Gasteiger partial charge in [0.2, 0.25) is 5.91 Å². The number of thioether (sulfide) groups is 1. The van der Waals surface area contributed by atoms with Gasteiger partial charge in [-0.3, -0.25) is 4.79 Å². The van der Waals surface area contributed by atoms with Crippen LogP contribution in [0, 0.1) is 0 Å². The van der Waals surface area contributed by atoms with Crippen LogP contribution in [0.1, 0.15) is 26.7 Å². The number of carbonyl (C=O) groups is 1. The fraction of sp³-hybridized carbons (Fsp3) is 0.909. The molecule has 18 heavy (non-hydrogen) atoms. The summed E-state index contributed by atoms with van der Waals surface area (Å²) in [4.78, 5) is 11.4. The van der Waals surface area contributed by atoms with Gasteiger partial charge in [0.15, 0.2) is 0 Å². The van der Waals surface area contributed by atoms with Crippen LogP contribution in [0.2, 0.25) is 0 Å². The van der Waals surface area contributed by atoms with Crippen LogP contribution in [-0.4, -0.2) is 42.7 Å². The average Bonchev–Trinajstić information content (AvgIpc) is 2.30. The van der Waals surface area contributed by atoms with E-state index in [2.05, 4.69) is 10.6 Å². The van der Waals surface area contributed by atoms with Crippen LogP contribution in [0.25, 0.3) is 0 Å². The Balaban J connectivity index is 3.96. The Morgan fingerprint density at radius 2 is 1.72 bits per heavy atom. The molecule has 0 saturated heterocycles. The number of rotatable bonds is 8. The highest BCUT2D eigenvalue weighted by atomic mass is 32.2. The minimum atomic E-state index is -4.28. The monoisotopic (exact) mass is 286 g/mol. The van der Waals surface area contributed by atoms with Crippen LogP contribution in [-0.2, 0) is 4.79 Å². The number of nitrogens with one attached hydrogen (secondary N) is 2.